The summed E-state index contributed by atoms with van der Waals surface area (Å²) in [5, 5.41) is 5.81. The highest BCUT2D eigenvalue weighted by Crippen LogP contribution is 2.16. The Morgan fingerprint density at radius 1 is 1.18 bits per heavy atom. The predicted octanol–water partition coefficient (Wildman–Crippen LogP) is 3.61. The molecule has 0 spiro atoms. The van der Waals surface area contributed by atoms with Gasteiger partial charge in [0.15, 0.2) is 0 Å². The maximum atomic E-state index is 11.7. The van der Waals surface area contributed by atoms with Crippen LogP contribution >= 0.6 is 0 Å². The Morgan fingerprint density at radius 2 is 1.82 bits per heavy atom. The van der Waals surface area contributed by atoms with E-state index in [1.54, 1.807) is 7.11 Å². The van der Waals surface area contributed by atoms with E-state index in [-0.39, 0.29) is 11.4 Å². The van der Waals surface area contributed by atoms with E-state index in [1.165, 1.54) is 5.56 Å². The third-order valence-corrected chi connectivity index (χ3v) is 3.45. The van der Waals surface area contributed by atoms with E-state index >= 15 is 0 Å². The molecular weight excluding hydrogens is 276 g/mol. The van der Waals surface area contributed by atoms with Crippen LogP contribution in [0.3, 0.4) is 0 Å². The molecule has 0 aromatic heterocycles. The van der Waals surface area contributed by atoms with Crippen LogP contribution in [0, 0.1) is 11.3 Å². The summed E-state index contributed by atoms with van der Waals surface area (Å²) in [6, 6.07) is 8.09. The van der Waals surface area contributed by atoms with E-state index in [0.717, 1.165) is 18.6 Å². The van der Waals surface area contributed by atoms with Crippen molar-refractivity contribution in [1.29, 1.82) is 0 Å². The minimum atomic E-state index is -0.0772. The van der Waals surface area contributed by atoms with E-state index in [4.69, 9.17) is 4.74 Å². The lowest BCUT2D eigenvalue weighted by molar-refractivity contribution is 0.235. The van der Waals surface area contributed by atoms with Gasteiger partial charge in [-0.3, -0.25) is 0 Å². The van der Waals surface area contributed by atoms with Crippen molar-refractivity contribution in [2.75, 3.05) is 20.2 Å². The van der Waals surface area contributed by atoms with Crippen molar-refractivity contribution in [3.8, 4) is 5.75 Å². The summed E-state index contributed by atoms with van der Waals surface area (Å²) >= 11 is 0. The Morgan fingerprint density at radius 3 is 2.36 bits per heavy atom. The van der Waals surface area contributed by atoms with Crippen molar-refractivity contribution < 1.29 is 9.53 Å². The molecule has 0 heterocycles. The van der Waals surface area contributed by atoms with E-state index in [9.17, 15) is 4.79 Å². The van der Waals surface area contributed by atoms with Gasteiger partial charge in [-0.05, 0) is 41.9 Å². The van der Waals surface area contributed by atoms with Crippen molar-refractivity contribution in [3.05, 3.63) is 29.8 Å². The normalized spacial score (nSPS) is 12.6. The van der Waals surface area contributed by atoms with Gasteiger partial charge in [0.2, 0.25) is 0 Å². The van der Waals surface area contributed by atoms with Crippen molar-refractivity contribution in [1.82, 2.24) is 10.6 Å². The molecule has 0 bridgehead atoms. The number of urea groups is 1. The van der Waals surface area contributed by atoms with Gasteiger partial charge in [-0.2, -0.15) is 0 Å². The summed E-state index contributed by atoms with van der Waals surface area (Å²) in [5.41, 5.74) is 1.41. The van der Waals surface area contributed by atoms with Gasteiger partial charge >= 0.3 is 6.03 Å². The first-order chi connectivity index (χ1) is 10.3. The van der Waals surface area contributed by atoms with Crippen molar-refractivity contribution in [3.63, 3.8) is 0 Å². The largest absolute Gasteiger partial charge is 0.497 e. The summed E-state index contributed by atoms with van der Waals surface area (Å²) in [6.07, 6.45) is 1.98. The molecule has 4 nitrogen and oxygen atoms in total. The second-order valence-electron chi connectivity index (χ2n) is 7.12. The van der Waals surface area contributed by atoms with Crippen LogP contribution in [0.25, 0.3) is 0 Å². The Kier molecular flexibility index (Phi) is 7.22. The summed E-state index contributed by atoms with van der Waals surface area (Å²) in [5.74, 6) is 1.41. The molecule has 0 aliphatic heterocycles. The number of hydrogen-bond acceptors (Lipinski definition) is 2. The topological polar surface area (TPSA) is 50.4 Å². The molecular formula is C18H30N2O2. The maximum absolute atomic E-state index is 11.7. The molecule has 4 heteroatoms. The molecule has 0 fully saturated rings. The lowest BCUT2D eigenvalue weighted by Gasteiger charge is -2.19. The zero-order chi connectivity index (χ0) is 16.6. The van der Waals surface area contributed by atoms with Gasteiger partial charge in [0.25, 0.3) is 0 Å². The molecule has 0 radical (unpaired) electrons. The van der Waals surface area contributed by atoms with E-state index in [1.807, 2.05) is 12.1 Å². The second-order valence-corrected chi connectivity index (χ2v) is 7.12. The van der Waals surface area contributed by atoms with Gasteiger partial charge in [0, 0.05) is 13.1 Å². The highest BCUT2D eigenvalue weighted by atomic mass is 16.5. The van der Waals surface area contributed by atoms with Gasteiger partial charge in [0.05, 0.1) is 7.11 Å². The van der Waals surface area contributed by atoms with Crippen LogP contribution in [0.1, 0.15) is 39.7 Å². The van der Waals surface area contributed by atoms with E-state index in [0.29, 0.717) is 19.0 Å². The van der Waals surface area contributed by atoms with Crippen LogP contribution in [0.15, 0.2) is 24.3 Å². The first-order valence-electron chi connectivity index (χ1n) is 7.95. The molecule has 2 N–H and O–H groups in total. The third-order valence-electron chi connectivity index (χ3n) is 3.45. The van der Waals surface area contributed by atoms with Crippen LogP contribution in [-0.4, -0.2) is 26.2 Å². The number of benzene rings is 1. The summed E-state index contributed by atoms with van der Waals surface area (Å²) < 4.78 is 5.16. The molecule has 2 amide bonds. The first-order valence-corrected chi connectivity index (χ1v) is 7.95. The molecule has 124 valence electrons. The first kappa shape index (κ1) is 18.3. The number of rotatable bonds is 7. The minimum absolute atomic E-state index is 0.0772. The number of carbonyl (C=O) groups is 1. The number of nitrogens with one attached hydrogen (secondary N) is 2. The van der Waals surface area contributed by atoms with Gasteiger partial charge in [-0.1, -0.05) is 39.8 Å². The minimum Gasteiger partial charge on any atom is -0.497 e. The molecule has 1 aromatic carbocycles. The fourth-order valence-corrected chi connectivity index (χ4v) is 2.11. The molecule has 1 unspecified atom stereocenters. The molecule has 1 atom stereocenters. The fourth-order valence-electron chi connectivity index (χ4n) is 2.11. The number of ether oxygens (including phenoxy) is 1. The monoisotopic (exact) mass is 306 g/mol. The molecule has 22 heavy (non-hydrogen) atoms. The Hall–Kier alpha value is -1.71. The van der Waals surface area contributed by atoms with Crippen molar-refractivity contribution in [2.45, 2.75) is 40.5 Å². The van der Waals surface area contributed by atoms with E-state index < -0.39 is 0 Å². The third kappa shape index (κ3) is 7.91. The molecule has 0 saturated heterocycles. The zero-order valence-electron chi connectivity index (χ0n) is 14.5. The highest BCUT2D eigenvalue weighted by molar-refractivity contribution is 5.73. The lowest BCUT2D eigenvalue weighted by atomic mass is 9.97. The van der Waals surface area contributed by atoms with Gasteiger partial charge in [-0.25, -0.2) is 4.79 Å². The number of methoxy groups -OCH3 is 1. The zero-order valence-corrected chi connectivity index (χ0v) is 14.5. The second kappa shape index (κ2) is 8.66. The molecule has 0 aliphatic rings. The fraction of sp³-hybridized carbons (Fsp3) is 0.611. The van der Waals surface area contributed by atoms with Gasteiger partial charge in [-0.15, -0.1) is 0 Å². The van der Waals surface area contributed by atoms with Crippen LogP contribution < -0.4 is 15.4 Å². The predicted molar refractivity (Wildman–Crippen MR) is 91.3 cm³/mol. The van der Waals surface area contributed by atoms with E-state index in [2.05, 4.69) is 50.5 Å². The summed E-state index contributed by atoms with van der Waals surface area (Å²) in [4.78, 5) is 11.7. The SMILES string of the molecule is COc1ccc(CC(C)CCNC(=O)NCC(C)(C)C)cc1. The van der Waals surface area contributed by atoms with Gasteiger partial charge in [0.1, 0.15) is 5.75 Å². The lowest BCUT2D eigenvalue weighted by Crippen LogP contribution is -2.40. The number of hydrogen-bond donors (Lipinski definition) is 2. The maximum Gasteiger partial charge on any atom is 0.314 e. The number of amides is 2. The average molecular weight is 306 g/mol. The summed E-state index contributed by atoms with van der Waals surface area (Å²) in [6.45, 7) is 9.89. The molecule has 0 aliphatic carbocycles. The molecule has 1 aromatic rings. The van der Waals surface area contributed by atoms with Crippen LogP contribution in [0.2, 0.25) is 0 Å². The standard InChI is InChI=1S/C18H30N2O2/c1-14(12-15-6-8-16(22-5)9-7-15)10-11-19-17(21)20-13-18(2,3)4/h6-9,14H,10-13H2,1-5H3,(H2,19,20,21). The van der Waals surface area contributed by atoms with Crippen molar-refractivity contribution in [2.24, 2.45) is 11.3 Å². The Bertz CT molecular complexity index is 449. The number of carbonyl (C=O) groups excluding carboxylic acids is 1. The summed E-state index contributed by atoms with van der Waals surface area (Å²) in [7, 11) is 1.67. The average Bonchev–Trinajstić information content (AvgIpc) is 2.45. The Labute approximate surface area is 134 Å². The molecule has 1 rings (SSSR count). The van der Waals surface area contributed by atoms with Crippen LogP contribution in [0.4, 0.5) is 4.79 Å². The van der Waals surface area contributed by atoms with Crippen molar-refractivity contribution >= 4 is 6.03 Å². The van der Waals surface area contributed by atoms with Gasteiger partial charge < -0.3 is 15.4 Å². The van der Waals surface area contributed by atoms with Crippen LogP contribution in [0.5, 0.6) is 5.75 Å². The smallest absolute Gasteiger partial charge is 0.314 e. The molecule has 0 saturated carbocycles. The van der Waals surface area contributed by atoms with Crippen LogP contribution in [-0.2, 0) is 6.42 Å². The Balaban J connectivity index is 2.22. The highest BCUT2D eigenvalue weighted by Gasteiger charge is 2.11. The quantitative estimate of drug-likeness (QED) is 0.808.